The van der Waals surface area contributed by atoms with E-state index < -0.39 is 0 Å². The highest BCUT2D eigenvalue weighted by atomic mass is 35.5. The van der Waals surface area contributed by atoms with Crippen LogP contribution in [0.2, 0.25) is 5.02 Å². The summed E-state index contributed by atoms with van der Waals surface area (Å²) in [6, 6.07) is 9.14. The molecule has 0 aliphatic carbocycles. The lowest BCUT2D eigenvalue weighted by Crippen LogP contribution is -2.14. The topological polar surface area (TPSA) is 93.2 Å². The van der Waals surface area contributed by atoms with Crippen molar-refractivity contribution in [2.24, 2.45) is 0 Å². The summed E-state index contributed by atoms with van der Waals surface area (Å²) in [4.78, 5) is 16.4. The number of halogens is 1. The zero-order valence-electron chi connectivity index (χ0n) is 14.0. The van der Waals surface area contributed by atoms with Crippen molar-refractivity contribution in [2.45, 2.75) is 25.2 Å². The Kier molecular flexibility index (Phi) is 5.97. The second kappa shape index (κ2) is 8.39. The number of carbonyl (C=O) groups excluding carboxylic acids is 1. The number of nitrogens with zero attached hydrogens (tertiary/aromatic N) is 3. The molecule has 9 heteroatoms. The number of anilines is 1. The molecule has 0 aliphatic rings. The number of imidazole rings is 1. The predicted octanol–water partition coefficient (Wildman–Crippen LogP) is 3.10. The number of carbonyl (C=O) groups is 1. The minimum atomic E-state index is -0.213. The largest absolute Gasteiger partial charge is 0.390 e. The maximum atomic E-state index is 12.1. The van der Waals surface area contributed by atoms with Crippen molar-refractivity contribution >= 4 is 35.1 Å². The van der Waals surface area contributed by atoms with Crippen molar-refractivity contribution in [2.75, 3.05) is 11.1 Å². The van der Waals surface area contributed by atoms with Gasteiger partial charge in [-0.15, -0.1) is 0 Å². The molecule has 0 fully saturated rings. The number of benzene rings is 1. The Bertz CT molecular complexity index is 892. The fraction of sp³-hybridized carbons (Fsp3) is 0.235. The zero-order chi connectivity index (χ0) is 18.5. The summed E-state index contributed by atoms with van der Waals surface area (Å²) in [7, 11) is 0. The number of amides is 1. The van der Waals surface area contributed by atoms with Crippen molar-refractivity contribution in [1.29, 1.82) is 0 Å². The van der Waals surface area contributed by atoms with Gasteiger partial charge in [-0.05, 0) is 24.6 Å². The van der Waals surface area contributed by atoms with E-state index >= 15 is 0 Å². The minimum absolute atomic E-state index is 0.161. The van der Waals surface area contributed by atoms with Gasteiger partial charge >= 0.3 is 0 Å². The van der Waals surface area contributed by atoms with E-state index in [0.717, 1.165) is 5.56 Å². The first-order chi connectivity index (χ1) is 12.5. The van der Waals surface area contributed by atoms with Gasteiger partial charge in [0, 0.05) is 23.8 Å². The summed E-state index contributed by atoms with van der Waals surface area (Å²) in [6.07, 6.45) is 1.77. The van der Waals surface area contributed by atoms with Crippen LogP contribution in [0.5, 0.6) is 0 Å². The average molecular weight is 393 g/mol. The fourth-order valence-electron chi connectivity index (χ4n) is 2.28. The summed E-state index contributed by atoms with van der Waals surface area (Å²) < 4.78 is 6.81. The van der Waals surface area contributed by atoms with Crippen LogP contribution in [0.1, 0.15) is 17.0 Å². The molecule has 26 heavy (non-hydrogen) atoms. The molecule has 7 nitrogen and oxygen atoms in total. The lowest BCUT2D eigenvalue weighted by atomic mass is 10.2. The number of hydrogen-bond acceptors (Lipinski definition) is 6. The quantitative estimate of drug-likeness (QED) is 0.600. The first-order valence-electron chi connectivity index (χ1n) is 7.81. The van der Waals surface area contributed by atoms with Gasteiger partial charge in [-0.3, -0.25) is 4.79 Å². The van der Waals surface area contributed by atoms with Gasteiger partial charge in [0.25, 0.3) is 0 Å². The molecular weight excluding hydrogens is 376 g/mol. The summed E-state index contributed by atoms with van der Waals surface area (Å²) >= 11 is 7.20. The number of aliphatic hydroxyl groups excluding tert-OH is 1. The van der Waals surface area contributed by atoms with Crippen molar-refractivity contribution in [3.8, 4) is 0 Å². The number of aliphatic hydroxyl groups is 1. The number of aromatic nitrogens is 3. The summed E-state index contributed by atoms with van der Waals surface area (Å²) in [5.74, 6) is 0.955. The fourth-order valence-corrected chi connectivity index (χ4v) is 3.20. The Balaban J connectivity index is 1.65. The van der Waals surface area contributed by atoms with Gasteiger partial charge in [0.1, 0.15) is 5.76 Å². The maximum Gasteiger partial charge on any atom is 0.236 e. The van der Waals surface area contributed by atoms with E-state index in [1.165, 1.54) is 11.8 Å². The molecule has 3 aromatic rings. The second-order valence-corrected chi connectivity index (χ2v) is 6.97. The first kappa shape index (κ1) is 18.5. The minimum Gasteiger partial charge on any atom is -0.390 e. The van der Waals surface area contributed by atoms with Crippen LogP contribution in [0, 0.1) is 6.92 Å². The van der Waals surface area contributed by atoms with Crippen LogP contribution in [0.4, 0.5) is 5.82 Å². The Morgan fingerprint density at radius 1 is 1.38 bits per heavy atom. The standard InChI is InChI=1S/C17H17ClN4O3S/c1-11-6-15(21-25-11)20-16(24)10-26-17-19-14(9-23)8-22(17)7-12-2-4-13(18)5-3-12/h2-6,8,23H,7,9-10H2,1H3,(H,20,21,24). The normalized spacial score (nSPS) is 10.9. The highest BCUT2D eigenvalue weighted by Gasteiger charge is 2.12. The van der Waals surface area contributed by atoms with Gasteiger partial charge in [0.05, 0.1) is 18.1 Å². The van der Waals surface area contributed by atoms with E-state index in [2.05, 4.69) is 15.5 Å². The number of thioether (sulfide) groups is 1. The lowest BCUT2D eigenvalue weighted by molar-refractivity contribution is -0.113. The van der Waals surface area contributed by atoms with Gasteiger partial charge in [-0.2, -0.15) is 0 Å². The summed E-state index contributed by atoms with van der Waals surface area (Å²) in [6.45, 7) is 2.16. The van der Waals surface area contributed by atoms with Crippen molar-refractivity contribution in [3.63, 3.8) is 0 Å². The molecule has 0 spiro atoms. The molecule has 0 unspecified atom stereocenters. The molecule has 2 aromatic heterocycles. The van der Waals surface area contributed by atoms with Crippen LogP contribution in [-0.2, 0) is 17.9 Å². The summed E-state index contributed by atoms with van der Waals surface area (Å²) in [5, 5.41) is 17.1. The Morgan fingerprint density at radius 2 is 2.15 bits per heavy atom. The van der Waals surface area contributed by atoms with Crippen LogP contribution in [0.15, 0.2) is 46.2 Å². The van der Waals surface area contributed by atoms with E-state index in [-0.39, 0.29) is 18.3 Å². The van der Waals surface area contributed by atoms with Crippen molar-refractivity contribution < 1.29 is 14.4 Å². The van der Waals surface area contributed by atoms with Gasteiger partial charge in [-0.1, -0.05) is 40.7 Å². The number of hydrogen-bond donors (Lipinski definition) is 2. The van der Waals surface area contributed by atoms with E-state index in [9.17, 15) is 9.90 Å². The van der Waals surface area contributed by atoms with Crippen LogP contribution in [-0.4, -0.2) is 31.5 Å². The molecule has 0 bridgehead atoms. The molecule has 136 valence electrons. The highest BCUT2D eigenvalue weighted by Crippen LogP contribution is 2.21. The number of aryl methyl sites for hydroxylation is 1. The van der Waals surface area contributed by atoms with Gasteiger partial charge < -0.3 is 19.5 Å². The Labute approximate surface area is 159 Å². The second-order valence-electron chi connectivity index (χ2n) is 5.59. The zero-order valence-corrected chi connectivity index (χ0v) is 15.5. The van der Waals surface area contributed by atoms with Crippen LogP contribution >= 0.6 is 23.4 Å². The lowest BCUT2D eigenvalue weighted by Gasteiger charge is -2.07. The highest BCUT2D eigenvalue weighted by molar-refractivity contribution is 7.99. The van der Waals surface area contributed by atoms with Crippen LogP contribution < -0.4 is 5.32 Å². The first-order valence-corrected chi connectivity index (χ1v) is 9.17. The molecule has 0 saturated heterocycles. The van der Waals surface area contributed by atoms with Crippen LogP contribution in [0.3, 0.4) is 0 Å². The van der Waals surface area contributed by atoms with E-state index in [4.69, 9.17) is 16.1 Å². The van der Waals surface area contributed by atoms with Gasteiger partial charge in [0.2, 0.25) is 5.91 Å². The van der Waals surface area contributed by atoms with Crippen molar-refractivity contribution in [3.05, 3.63) is 58.6 Å². The SMILES string of the molecule is Cc1cc(NC(=O)CSc2nc(CO)cn2Cc2ccc(Cl)cc2)no1. The number of nitrogens with one attached hydrogen (secondary N) is 1. The van der Waals surface area contributed by atoms with Gasteiger partial charge in [-0.25, -0.2) is 4.98 Å². The average Bonchev–Trinajstić information content (AvgIpc) is 3.21. The molecule has 0 saturated carbocycles. The monoisotopic (exact) mass is 392 g/mol. The molecule has 3 rings (SSSR count). The molecular formula is C17H17ClN4O3S. The predicted molar refractivity (Wildman–Crippen MR) is 99.3 cm³/mol. The molecule has 0 aliphatic heterocycles. The smallest absolute Gasteiger partial charge is 0.236 e. The molecule has 0 radical (unpaired) electrons. The third-order valence-corrected chi connectivity index (χ3v) is 4.69. The molecule has 2 heterocycles. The maximum absolute atomic E-state index is 12.1. The van der Waals surface area contributed by atoms with Crippen LogP contribution in [0.25, 0.3) is 0 Å². The number of rotatable bonds is 7. The van der Waals surface area contributed by atoms with E-state index in [0.29, 0.717) is 34.0 Å². The van der Waals surface area contributed by atoms with E-state index in [1.54, 1.807) is 19.2 Å². The van der Waals surface area contributed by atoms with Crippen molar-refractivity contribution in [1.82, 2.24) is 14.7 Å². The third-order valence-electron chi connectivity index (χ3n) is 3.45. The molecule has 1 amide bonds. The van der Waals surface area contributed by atoms with Gasteiger partial charge in [0.15, 0.2) is 11.0 Å². The Morgan fingerprint density at radius 3 is 2.81 bits per heavy atom. The molecule has 2 N–H and O–H groups in total. The Hall–Kier alpha value is -2.29. The molecule has 0 atom stereocenters. The molecule has 1 aromatic carbocycles. The van der Waals surface area contributed by atoms with E-state index in [1.807, 2.05) is 28.8 Å². The third kappa shape index (κ3) is 4.87. The summed E-state index contributed by atoms with van der Waals surface area (Å²) in [5.41, 5.74) is 1.59.